The largest absolute Gasteiger partial charge is 0.490 e. The highest BCUT2D eigenvalue weighted by Crippen LogP contribution is 2.51. The molecule has 3 rings (SSSR count). The van der Waals surface area contributed by atoms with E-state index in [-0.39, 0.29) is 5.56 Å². The molecule has 1 aromatic rings. The van der Waals surface area contributed by atoms with Crippen LogP contribution in [0.1, 0.15) is 40.5 Å². The molecule has 1 N–H and O–H groups in total. The van der Waals surface area contributed by atoms with Crippen molar-refractivity contribution in [1.82, 2.24) is 0 Å². The number of benzene rings is 1. The molecule has 0 spiro atoms. The zero-order valence-electron chi connectivity index (χ0n) is 11.9. The quantitative estimate of drug-likeness (QED) is 0.652. The lowest BCUT2D eigenvalue weighted by atomic mass is 9.90. The predicted molar refractivity (Wildman–Crippen MR) is 72.6 cm³/mol. The highest BCUT2D eigenvalue weighted by atomic mass is 32.2. The summed E-state index contributed by atoms with van der Waals surface area (Å²) in [6, 6.07) is 2.14. The molecule has 0 heterocycles. The number of hydrogen-bond donors (Lipinski definition) is 1. The van der Waals surface area contributed by atoms with E-state index < -0.39 is 76.5 Å². The fraction of sp³-hybridized carbons (Fsp3) is 0.500. The third-order valence-electron chi connectivity index (χ3n) is 4.02. The van der Waals surface area contributed by atoms with Gasteiger partial charge in [0.25, 0.3) is 5.92 Å². The van der Waals surface area contributed by atoms with Crippen LogP contribution in [0.15, 0.2) is 12.1 Å². The van der Waals surface area contributed by atoms with E-state index in [4.69, 9.17) is 9.29 Å². The Bertz CT molecular complexity index is 728. The molecule has 1 unspecified atom stereocenters. The number of rotatable bonds is 4. The minimum absolute atomic E-state index is 0.220. The second-order valence-corrected chi connectivity index (χ2v) is 6.73. The van der Waals surface area contributed by atoms with Crippen molar-refractivity contribution in [2.24, 2.45) is 0 Å². The van der Waals surface area contributed by atoms with Gasteiger partial charge >= 0.3 is 5.92 Å². The minimum atomic E-state index is -4.34. The second kappa shape index (κ2) is 5.48. The summed E-state index contributed by atoms with van der Waals surface area (Å²) in [6.07, 6.45) is -5.24. The Morgan fingerprint density at radius 3 is 2.42 bits per heavy atom. The Hall–Kier alpha value is -1.55. The van der Waals surface area contributed by atoms with Gasteiger partial charge in [0.2, 0.25) is 12.0 Å². The van der Waals surface area contributed by atoms with E-state index in [0.717, 1.165) is 12.1 Å². The zero-order chi connectivity index (χ0) is 17.9. The third-order valence-corrected chi connectivity index (χ3v) is 4.58. The number of halogens is 5. The Kier molecular flexibility index (Phi) is 3.95. The van der Waals surface area contributed by atoms with Crippen LogP contribution < -0.4 is 4.74 Å². The third kappa shape index (κ3) is 2.71. The van der Waals surface area contributed by atoms with Crippen molar-refractivity contribution in [3.8, 4) is 5.75 Å². The van der Waals surface area contributed by atoms with Crippen LogP contribution in [0.4, 0.5) is 22.0 Å². The van der Waals surface area contributed by atoms with Crippen molar-refractivity contribution in [2.45, 2.75) is 42.7 Å². The van der Waals surface area contributed by atoms with E-state index in [1.807, 2.05) is 0 Å². The van der Waals surface area contributed by atoms with E-state index in [1.54, 1.807) is 0 Å². The molecule has 10 heteroatoms. The van der Waals surface area contributed by atoms with E-state index in [0.29, 0.717) is 0 Å². The van der Waals surface area contributed by atoms with Gasteiger partial charge in [-0.25, -0.2) is 17.4 Å². The van der Waals surface area contributed by atoms with Crippen LogP contribution in [-0.2, 0) is 16.8 Å². The molecule has 0 amide bonds. The number of Topliss-reactive ketones (excluding diaryl/α,β-unsaturated/α-hetero) is 1. The van der Waals surface area contributed by atoms with Crippen LogP contribution in [-0.4, -0.2) is 32.5 Å². The van der Waals surface area contributed by atoms with Crippen molar-refractivity contribution in [3.05, 3.63) is 28.8 Å². The van der Waals surface area contributed by atoms with Gasteiger partial charge in [0.15, 0.2) is 11.1 Å². The standard InChI is InChI=1S/C14H11F5O4S/c15-11-10-8(23-7-3-13(16,17)4-7)2-1-6(5-24(21)22)9(10)12(20)14(11,18)19/h1-2,7,11H,3-5H2,(H,21,22)/t11-/m1/s1. The van der Waals surface area contributed by atoms with Gasteiger partial charge < -0.3 is 9.29 Å². The number of alkyl halides is 5. The lowest BCUT2D eigenvalue weighted by molar-refractivity contribution is -0.135. The second-order valence-electron chi connectivity index (χ2n) is 5.80. The first kappa shape index (κ1) is 17.3. The van der Waals surface area contributed by atoms with Gasteiger partial charge in [-0.05, 0) is 11.6 Å². The summed E-state index contributed by atoms with van der Waals surface area (Å²) in [5.41, 5.74) is -1.68. The van der Waals surface area contributed by atoms with Crippen molar-refractivity contribution in [3.63, 3.8) is 0 Å². The fourth-order valence-corrected chi connectivity index (χ4v) is 3.36. The van der Waals surface area contributed by atoms with Gasteiger partial charge in [-0.2, -0.15) is 8.78 Å². The van der Waals surface area contributed by atoms with Crippen LogP contribution in [0.2, 0.25) is 0 Å². The van der Waals surface area contributed by atoms with Crippen molar-refractivity contribution < 1.29 is 40.2 Å². The fourth-order valence-electron chi connectivity index (χ4n) is 2.85. The number of ether oxygens (including phenoxy) is 1. The summed E-state index contributed by atoms with van der Waals surface area (Å²) >= 11 is -2.44. The lowest BCUT2D eigenvalue weighted by Gasteiger charge is -2.35. The summed E-state index contributed by atoms with van der Waals surface area (Å²) in [5.74, 6) is -10.1. The maximum atomic E-state index is 14.1. The lowest BCUT2D eigenvalue weighted by Crippen LogP contribution is -2.43. The van der Waals surface area contributed by atoms with E-state index >= 15 is 0 Å². The molecule has 0 radical (unpaired) electrons. The van der Waals surface area contributed by atoms with Crippen LogP contribution in [0, 0.1) is 0 Å². The number of fused-ring (bicyclic) bond motifs is 1. The number of carbonyl (C=O) groups excluding carboxylic acids is 1. The first-order valence-corrected chi connectivity index (χ1v) is 8.15. The van der Waals surface area contributed by atoms with E-state index in [1.165, 1.54) is 0 Å². The van der Waals surface area contributed by atoms with Crippen LogP contribution >= 0.6 is 0 Å². The Morgan fingerprint density at radius 2 is 1.88 bits per heavy atom. The molecule has 4 nitrogen and oxygen atoms in total. The monoisotopic (exact) mass is 370 g/mol. The first-order valence-electron chi connectivity index (χ1n) is 6.87. The molecule has 0 saturated heterocycles. The van der Waals surface area contributed by atoms with Gasteiger partial charge in [0, 0.05) is 24.0 Å². The predicted octanol–water partition coefficient (Wildman–Crippen LogP) is 3.43. The topological polar surface area (TPSA) is 63.6 Å². The van der Waals surface area contributed by atoms with E-state index in [2.05, 4.69) is 0 Å². The average molecular weight is 370 g/mol. The van der Waals surface area contributed by atoms with Gasteiger partial charge in [0.1, 0.15) is 11.9 Å². The smallest absolute Gasteiger partial charge is 0.344 e. The van der Waals surface area contributed by atoms with Crippen LogP contribution in [0.3, 0.4) is 0 Å². The Labute approximate surface area is 135 Å². The number of hydrogen-bond acceptors (Lipinski definition) is 3. The van der Waals surface area contributed by atoms with Crippen molar-refractivity contribution in [1.29, 1.82) is 0 Å². The average Bonchev–Trinajstić information content (AvgIpc) is 2.61. The van der Waals surface area contributed by atoms with E-state index in [9.17, 15) is 31.0 Å². The molecular weight excluding hydrogens is 359 g/mol. The molecule has 1 aromatic carbocycles. The first-order chi connectivity index (χ1) is 11.0. The van der Waals surface area contributed by atoms with Gasteiger partial charge in [-0.1, -0.05) is 6.07 Å². The normalized spacial score (nSPS) is 25.9. The highest BCUT2D eigenvalue weighted by Gasteiger charge is 2.59. The van der Waals surface area contributed by atoms with Crippen molar-refractivity contribution >= 4 is 16.9 Å². The molecule has 2 aliphatic rings. The van der Waals surface area contributed by atoms with Gasteiger partial charge in [-0.15, -0.1) is 0 Å². The summed E-state index contributed by atoms with van der Waals surface area (Å²) in [7, 11) is 0. The maximum absolute atomic E-state index is 14.1. The molecule has 2 aliphatic carbocycles. The number of carbonyl (C=O) groups is 1. The SMILES string of the molecule is O=C1c2c(CS(=O)O)ccc(OC3CC(F)(F)C3)c2[C@@H](F)C1(F)F. The summed E-state index contributed by atoms with van der Waals surface area (Å²) in [5, 5.41) is 0. The summed E-state index contributed by atoms with van der Waals surface area (Å²) in [4.78, 5) is 11.8. The summed E-state index contributed by atoms with van der Waals surface area (Å²) < 4.78 is 92.3. The molecule has 0 aromatic heterocycles. The highest BCUT2D eigenvalue weighted by molar-refractivity contribution is 7.78. The Morgan fingerprint density at radius 1 is 1.25 bits per heavy atom. The molecule has 24 heavy (non-hydrogen) atoms. The maximum Gasteiger partial charge on any atom is 0.344 e. The molecule has 132 valence electrons. The Balaban J connectivity index is 2.01. The zero-order valence-corrected chi connectivity index (χ0v) is 12.7. The summed E-state index contributed by atoms with van der Waals surface area (Å²) in [6.45, 7) is 0. The molecular formula is C14H11F5O4S. The minimum Gasteiger partial charge on any atom is -0.490 e. The number of ketones is 1. The van der Waals surface area contributed by atoms with Crippen LogP contribution in [0.5, 0.6) is 5.75 Å². The molecule has 1 saturated carbocycles. The molecule has 0 bridgehead atoms. The van der Waals surface area contributed by atoms with Crippen molar-refractivity contribution in [2.75, 3.05) is 0 Å². The van der Waals surface area contributed by atoms with Gasteiger partial charge in [0.05, 0.1) is 5.75 Å². The molecule has 1 fully saturated rings. The van der Waals surface area contributed by atoms with Gasteiger partial charge in [-0.3, -0.25) is 4.79 Å². The molecule has 2 atom stereocenters. The molecule has 0 aliphatic heterocycles. The van der Waals surface area contributed by atoms with Crippen LogP contribution in [0.25, 0.3) is 0 Å².